The first-order valence-corrected chi connectivity index (χ1v) is 11.3. The number of amides is 1. The number of rotatable bonds is 4. The maximum absolute atomic E-state index is 13.3. The summed E-state index contributed by atoms with van der Waals surface area (Å²) in [6.45, 7) is 5.86. The van der Waals surface area contributed by atoms with Crippen molar-refractivity contribution >= 4 is 28.9 Å². The Hall–Kier alpha value is -3.65. The molecule has 0 spiro atoms. The third kappa shape index (κ3) is 4.97. The van der Waals surface area contributed by atoms with Crippen molar-refractivity contribution in [1.82, 2.24) is 9.47 Å². The minimum absolute atomic E-state index is 0.139. The van der Waals surface area contributed by atoms with Crippen LogP contribution in [0.1, 0.15) is 43.1 Å². The maximum Gasteiger partial charge on any atom is 0.418 e. The van der Waals surface area contributed by atoms with Crippen molar-refractivity contribution in [2.45, 2.75) is 45.6 Å². The monoisotopic (exact) mass is 463 g/mol. The number of likely N-dealkylation sites (tertiary alicyclic amines) is 1. The minimum Gasteiger partial charge on any atom is -0.445 e. The molecule has 8 heteroatoms. The van der Waals surface area contributed by atoms with E-state index in [2.05, 4.69) is 0 Å². The summed E-state index contributed by atoms with van der Waals surface area (Å²) in [7, 11) is 0. The highest BCUT2D eigenvalue weighted by atomic mass is 16.6. The van der Waals surface area contributed by atoms with Crippen LogP contribution in [0, 0.1) is 5.92 Å². The van der Waals surface area contributed by atoms with Crippen molar-refractivity contribution in [3.05, 3.63) is 71.9 Å². The summed E-state index contributed by atoms with van der Waals surface area (Å²) in [6, 6.07) is 16.3. The molecule has 1 amide bonds. The van der Waals surface area contributed by atoms with Gasteiger partial charge in [0.05, 0.1) is 17.6 Å². The molecule has 4 rings (SSSR count). The van der Waals surface area contributed by atoms with Gasteiger partial charge in [0.1, 0.15) is 12.2 Å². The zero-order chi connectivity index (χ0) is 24.5. The number of ether oxygens (including phenoxy) is 2. The van der Waals surface area contributed by atoms with E-state index in [4.69, 9.17) is 15.2 Å². The van der Waals surface area contributed by atoms with Crippen molar-refractivity contribution < 1.29 is 23.9 Å². The van der Waals surface area contributed by atoms with E-state index in [1.165, 1.54) is 9.47 Å². The summed E-state index contributed by atoms with van der Waals surface area (Å²) >= 11 is 0. The molecule has 0 aliphatic carbocycles. The predicted octanol–water partition coefficient (Wildman–Crippen LogP) is 4.55. The van der Waals surface area contributed by atoms with Crippen LogP contribution in [0.3, 0.4) is 0 Å². The lowest BCUT2D eigenvalue weighted by Gasteiger charge is -2.23. The van der Waals surface area contributed by atoms with Crippen molar-refractivity contribution in [3.8, 4) is 0 Å². The zero-order valence-corrected chi connectivity index (χ0v) is 19.6. The first kappa shape index (κ1) is 23.5. The maximum atomic E-state index is 13.3. The molecule has 2 atom stereocenters. The van der Waals surface area contributed by atoms with Gasteiger partial charge >= 0.3 is 12.2 Å². The summed E-state index contributed by atoms with van der Waals surface area (Å²) in [6.07, 6.45) is 0.215. The van der Waals surface area contributed by atoms with Crippen molar-refractivity contribution in [3.63, 3.8) is 0 Å². The molecule has 1 aliphatic rings. The average molecular weight is 464 g/mol. The molecule has 2 N–H and O–H groups in total. The Morgan fingerprint density at radius 2 is 1.76 bits per heavy atom. The molecule has 8 nitrogen and oxygen atoms in total. The summed E-state index contributed by atoms with van der Waals surface area (Å²) < 4.78 is 12.2. The normalized spacial score (nSPS) is 18.2. The van der Waals surface area contributed by atoms with Crippen LogP contribution < -0.4 is 5.73 Å². The number of nitrogens with zero attached hydrogens (tertiary/aromatic N) is 2. The Morgan fingerprint density at radius 3 is 2.47 bits per heavy atom. The second-order valence-corrected chi connectivity index (χ2v) is 9.42. The first-order valence-electron chi connectivity index (χ1n) is 11.3. The number of nitrogens with two attached hydrogens (primary N) is 1. The highest BCUT2D eigenvalue weighted by Crippen LogP contribution is 2.28. The number of carbonyl (C=O) groups is 3. The van der Waals surface area contributed by atoms with Gasteiger partial charge in [0, 0.05) is 23.7 Å². The van der Waals surface area contributed by atoms with Crippen LogP contribution >= 0.6 is 0 Å². The van der Waals surface area contributed by atoms with Gasteiger partial charge in [-0.3, -0.25) is 14.3 Å². The summed E-state index contributed by atoms with van der Waals surface area (Å²) in [5.41, 5.74) is 7.53. The molecule has 0 saturated carbocycles. The molecular formula is C26H29N3O5. The van der Waals surface area contributed by atoms with Crippen LogP contribution in [0.4, 0.5) is 9.59 Å². The lowest BCUT2D eigenvalue weighted by molar-refractivity contribution is 0.0543. The number of hydrogen-bond acceptors (Lipinski definition) is 6. The third-order valence-corrected chi connectivity index (χ3v) is 5.80. The van der Waals surface area contributed by atoms with Gasteiger partial charge in [-0.05, 0) is 44.9 Å². The summed E-state index contributed by atoms with van der Waals surface area (Å²) in [5, 5.41) is 0.809. The number of ketones is 1. The van der Waals surface area contributed by atoms with E-state index in [1.807, 2.05) is 30.3 Å². The molecule has 178 valence electrons. The molecule has 3 aromatic rings. The number of benzene rings is 2. The number of aromatic nitrogens is 1. The second kappa shape index (κ2) is 9.30. The summed E-state index contributed by atoms with van der Waals surface area (Å²) in [5.74, 6) is -0.739. The first-order chi connectivity index (χ1) is 16.1. The molecule has 1 aliphatic heterocycles. The van der Waals surface area contributed by atoms with Gasteiger partial charge in [-0.1, -0.05) is 42.5 Å². The number of carbonyl (C=O) groups excluding carboxylic acids is 3. The largest absolute Gasteiger partial charge is 0.445 e. The van der Waals surface area contributed by atoms with Crippen LogP contribution in [-0.2, 0) is 16.1 Å². The van der Waals surface area contributed by atoms with E-state index in [9.17, 15) is 14.4 Å². The van der Waals surface area contributed by atoms with Crippen LogP contribution in [0.15, 0.2) is 60.8 Å². The van der Waals surface area contributed by atoms with E-state index in [0.717, 1.165) is 10.9 Å². The average Bonchev–Trinajstić information content (AvgIpc) is 3.39. The molecule has 1 aromatic heterocycles. The van der Waals surface area contributed by atoms with Gasteiger partial charge in [-0.2, -0.15) is 0 Å². The quantitative estimate of drug-likeness (QED) is 0.569. The molecule has 2 heterocycles. The van der Waals surface area contributed by atoms with Crippen LogP contribution in [0.2, 0.25) is 0 Å². The predicted molar refractivity (Wildman–Crippen MR) is 127 cm³/mol. The highest BCUT2D eigenvalue weighted by molar-refractivity contribution is 6.02. The lowest BCUT2D eigenvalue weighted by Crippen LogP contribution is -2.46. The number of Topliss-reactive ketones (excluding diaryl/α,β-unsaturated/α-hetero) is 1. The van der Waals surface area contributed by atoms with E-state index in [-0.39, 0.29) is 12.4 Å². The molecule has 0 bridgehead atoms. The van der Waals surface area contributed by atoms with Crippen molar-refractivity contribution in [1.29, 1.82) is 0 Å². The third-order valence-electron chi connectivity index (χ3n) is 5.80. The van der Waals surface area contributed by atoms with E-state index in [1.54, 1.807) is 51.2 Å². The topological polar surface area (TPSA) is 104 Å². The number of fused-ring (bicyclic) bond motifs is 1. The molecule has 2 aromatic carbocycles. The molecule has 1 saturated heterocycles. The number of hydrogen-bond donors (Lipinski definition) is 1. The SMILES string of the molecule is CC(C)(C)OC(=O)n1ccc2ccc(C(=O)C3CCN(C(=O)OCc4ccccc4)C3N)cc21. The highest BCUT2D eigenvalue weighted by Gasteiger charge is 2.40. The van der Waals surface area contributed by atoms with E-state index < -0.39 is 29.9 Å². The van der Waals surface area contributed by atoms with Gasteiger partial charge in [0.25, 0.3) is 0 Å². The molecule has 1 fully saturated rings. The standard InChI is InChI=1S/C26H29N3O5/c1-26(2,3)34-25(32)28-13-11-18-9-10-19(15-21(18)28)22(30)20-12-14-29(23(20)27)24(31)33-16-17-7-5-4-6-8-17/h4-11,13,15,20,23H,12,14,16,27H2,1-3H3. The Morgan fingerprint density at radius 1 is 1.03 bits per heavy atom. The van der Waals surface area contributed by atoms with Crippen LogP contribution in [0.5, 0.6) is 0 Å². The summed E-state index contributed by atoms with van der Waals surface area (Å²) in [4.78, 5) is 39.8. The Balaban J connectivity index is 1.47. The Labute approximate surface area is 198 Å². The smallest absolute Gasteiger partial charge is 0.418 e. The van der Waals surface area contributed by atoms with Gasteiger partial charge in [-0.15, -0.1) is 0 Å². The lowest BCUT2D eigenvalue weighted by atomic mass is 9.94. The van der Waals surface area contributed by atoms with Crippen LogP contribution in [-0.4, -0.2) is 45.7 Å². The van der Waals surface area contributed by atoms with Gasteiger partial charge < -0.3 is 15.2 Å². The molecule has 2 unspecified atom stereocenters. The minimum atomic E-state index is -0.788. The second-order valence-electron chi connectivity index (χ2n) is 9.42. The van der Waals surface area contributed by atoms with E-state index in [0.29, 0.717) is 24.0 Å². The molecule has 34 heavy (non-hydrogen) atoms. The van der Waals surface area contributed by atoms with Gasteiger partial charge in [-0.25, -0.2) is 9.59 Å². The van der Waals surface area contributed by atoms with Gasteiger partial charge in [0.15, 0.2) is 5.78 Å². The zero-order valence-electron chi connectivity index (χ0n) is 19.6. The fraction of sp³-hybridized carbons (Fsp3) is 0.346. The fourth-order valence-corrected chi connectivity index (χ4v) is 4.08. The molecule has 0 radical (unpaired) electrons. The fourth-order valence-electron chi connectivity index (χ4n) is 4.08. The van der Waals surface area contributed by atoms with Crippen molar-refractivity contribution in [2.75, 3.05) is 6.54 Å². The van der Waals surface area contributed by atoms with Gasteiger partial charge in [0.2, 0.25) is 0 Å². The van der Waals surface area contributed by atoms with E-state index >= 15 is 0 Å². The molecular weight excluding hydrogens is 434 g/mol. The Bertz CT molecular complexity index is 1210. The van der Waals surface area contributed by atoms with Crippen LogP contribution in [0.25, 0.3) is 10.9 Å². The van der Waals surface area contributed by atoms with Crippen molar-refractivity contribution in [2.24, 2.45) is 11.7 Å². The Kier molecular flexibility index (Phi) is 6.43.